The molecular formula is C17H18N4O4. The van der Waals surface area contributed by atoms with Crippen molar-refractivity contribution >= 4 is 17.4 Å². The summed E-state index contributed by atoms with van der Waals surface area (Å²) in [7, 11) is 3.19. The average Bonchev–Trinajstić information content (AvgIpc) is 3.00. The van der Waals surface area contributed by atoms with Crippen LogP contribution in [0.15, 0.2) is 34.1 Å². The number of carbonyl (C=O) groups excluding carboxylic acids is 1. The van der Waals surface area contributed by atoms with Gasteiger partial charge in [0.2, 0.25) is 11.6 Å². The van der Waals surface area contributed by atoms with E-state index >= 15 is 0 Å². The van der Waals surface area contributed by atoms with Crippen molar-refractivity contribution in [2.75, 3.05) is 24.9 Å². The number of carbonyl (C=O) groups is 1. The van der Waals surface area contributed by atoms with Gasteiger partial charge < -0.3 is 20.1 Å². The van der Waals surface area contributed by atoms with Gasteiger partial charge in [-0.15, -0.1) is 0 Å². The molecule has 130 valence electrons. The number of nitrogens with one attached hydrogen (secondary N) is 2. The number of aromatic nitrogens is 2. The Bertz CT molecular complexity index is 858. The van der Waals surface area contributed by atoms with Crippen LogP contribution in [-0.4, -0.2) is 30.3 Å². The molecule has 0 spiro atoms. The Kier molecular flexibility index (Phi) is 3.79. The first-order valence-corrected chi connectivity index (χ1v) is 8.05. The summed E-state index contributed by atoms with van der Waals surface area (Å²) >= 11 is 0. The Morgan fingerprint density at radius 3 is 2.80 bits per heavy atom. The summed E-state index contributed by atoms with van der Waals surface area (Å²) in [6, 6.07) is 5.11. The van der Waals surface area contributed by atoms with E-state index in [2.05, 4.69) is 20.9 Å². The Morgan fingerprint density at radius 1 is 1.16 bits per heavy atom. The Hall–Kier alpha value is -3.03. The fourth-order valence-electron chi connectivity index (χ4n) is 3.34. The van der Waals surface area contributed by atoms with E-state index in [1.807, 2.05) is 12.1 Å². The number of methoxy groups -OCH3 is 2. The van der Waals surface area contributed by atoms with Gasteiger partial charge in [0.15, 0.2) is 5.78 Å². The fraction of sp³-hybridized carbons (Fsp3) is 0.353. The fourth-order valence-corrected chi connectivity index (χ4v) is 3.34. The van der Waals surface area contributed by atoms with Gasteiger partial charge >= 0.3 is 0 Å². The van der Waals surface area contributed by atoms with Crippen molar-refractivity contribution in [2.45, 2.75) is 25.3 Å². The van der Waals surface area contributed by atoms with E-state index in [0.717, 1.165) is 24.1 Å². The molecule has 0 radical (unpaired) electrons. The van der Waals surface area contributed by atoms with Crippen molar-refractivity contribution in [3.05, 3.63) is 35.0 Å². The normalized spacial score (nSPS) is 19.3. The molecule has 2 N–H and O–H groups in total. The molecule has 0 saturated heterocycles. The molecule has 1 aromatic heterocycles. The van der Waals surface area contributed by atoms with Gasteiger partial charge in [-0.1, -0.05) is 0 Å². The lowest BCUT2D eigenvalue weighted by Crippen LogP contribution is -2.24. The number of hydrogen-bond donors (Lipinski definition) is 2. The van der Waals surface area contributed by atoms with Gasteiger partial charge in [0.05, 0.1) is 20.3 Å². The number of allylic oxidation sites excluding steroid dienone is 1. The lowest BCUT2D eigenvalue weighted by atomic mass is 9.86. The largest absolute Gasteiger partial charge is 0.497 e. The first-order chi connectivity index (χ1) is 12.2. The van der Waals surface area contributed by atoms with Crippen LogP contribution in [0, 0.1) is 0 Å². The summed E-state index contributed by atoms with van der Waals surface area (Å²) < 4.78 is 15.6. The summed E-state index contributed by atoms with van der Waals surface area (Å²) in [6.45, 7) is 0. The van der Waals surface area contributed by atoms with Crippen LogP contribution in [0.1, 0.15) is 30.9 Å². The zero-order valence-electron chi connectivity index (χ0n) is 14.0. The van der Waals surface area contributed by atoms with Crippen molar-refractivity contribution in [3.8, 4) is 11.5 Å². The van der Waals surface area contributed by atoms with Gasteiger partial charge in [-0.3, -0.25) is 4.79 Å². The van der Waals surface area contributed by atoms with E-state index in [9.17, 15) is 4.79 Å². The molecule has 0 bridgehead atoms. The monoisotopic (exact) mass is 342 g/mol. The maximum Gasteiger partial charge on any atom is 0.219 e. The van der Waals surface area contributed by atoms with Crippen LogP contribution in [0.3, 0.4) is 0 Å². The molecule has 0 unspecified atom stereocenters. The SMILES string of the molecule is COc1ccc([C@@H]2Nc3nonc3NC3=C2C(=O)CCC3)c(OC)c1. The Balaban J connectivity index is 1.87. The van der Waals surface area contributed by atoms with Crippen molar-refractivity contribution in [2.24, 2.45) is 0 Å². The number of Topliss-reactive ketones (excluding diaryl/α,β-unsaturated/α-hetero) is 1. The van der Waals surface area contributed by atoms with Crippen LogP contribution in [0.4, 0.5) is 11.6 Å². The van der Waals surface area contributed by atoms with Crippen LogP contribution < -0.4 is 20.1 Å². The second kappa shape index (κ2) is 6.12. The van der Waals surface area contributed by atoms with Crippen LogP contribution in [0.25, 0.3) is 0 Å². The molecule has 1 atom stereocenters. The molecule has 2 aromatic rings. The number of anilines is 2. The third-order valence-corrected chi connectivity index (χ3v) is 4.54. The summed E-state index contributed by atoms with van der Waals surface area (Å²) in [4.78, 5) is 12.7. The van der Waals surface area contributed by atoms with Crippen molar-refractivity contribution < 1.29 is 18.9 Å². The summed E-state index contributed by atoms with van der Waals surface area (Å²) in [5, 5.41) is 14.2. The zero-order chi connectivity index (χ0) is 17.4. The second-order valence-corrected chi connectivity index (χ2v) is 5.94. The third-order valence-electron chi connectivity index (χ3n) is 4.54. The number of hydrogen-bond acceptors (Lipinski definition) is 8. The van der Waals surface area contributed by atoms with Gasteiger partial charge in [-0.2, -0.15) is 0 Å². The molecule has 0 amide bonds. The molecule has 0 fully saturated rings. The number of ketones is 1. The van der Waals surface area contributed by atoms with E-state index in [-0.39, 0.29) is 5.78 Å². The quantitative estimate of drug-likeness (QED) is 0.878. The molecule has 1 aliphatic carbocycles. The minimum atomic E-state index is -0.413. The smallest absolute Gasteiger partial charge is 0.219 e. The van der Waals surface area contributed by atoms with Gasteiger partial charge in [-0.25, -0.2) is 4.63 Å². The Labute approximate surface area is 144 Å². The van der Waals surface area contributed by atoms with E-state index in [4.69, 9.17) is 14.1 Å². The van der Waals surface area contributed by atoms with Crippen LogP contribution in [0.5, 0.6) is 11.5 Å². The van der Waals surface area contributed by atoms with Gasteiger partial charge in [0.1, 0.15) is 11.5 Å². The number of nitrogens with zero attached hydrogens (tertiary/aromatic N) is 2. The second-order valence-electron chi connectivity index (χ2n) is 5.94. The molecule has 1 aliphatic heterocycles. The molecule has 2 heterocycles. The lowest BCUT2D eigenvalue weighted by Gasteiger charge is -2.26. The van der Waals surface area contributed by atoms with Crippen LogP contribution >= 0.6 is 0 Å². The standard InChI is InChI=1S/C17H18N4O4/c1-23-9-6-7-10(13(8-9)24-2)15-14-11(4-3-5-12(14)22)18-16-17(19-15)21-25-20-16/h6-8,15H,3-5H2,1-2H3,(H,18,20)(H,19,21)/t15-/m0/s1. The predicted molar refractivity (Wildman–Crippen MR) is 89.7 cm³/mol. The highest BCUT2D eigenvalue weighted by atomic mass is 16.6. The molecule has 1 aromatic carbocycles. The molecular weight excluding hydrogens is 324 g/mol. The highest BCUT2D eigenvalue weighted by Crippen LogP contribution is 2.42. The maximum atomic E-state index is 12.7. The summed E-state index contributed by atoms with van der Waals surface area (Å²) in [6.07, 6.45) is 2.09. The zero-order valence-corrected chi connectivity index (χ0v) is 14.0. The van der Waals surface area contributed by atoms with E-state index < -0.39 is 6.04 Å². The minimum Gasteiger partial charge on any atom is -0.497 e. The van der Waals surface area contributed by atoms with Gasteiger partial charge in [-0.05, 0) is 35.3 Å². The highest BCUT2D eigenvalue weighted by molar-refractivity contribution is 6.00. The van der Waals surface area contributed by atoms with E-state index in [0.29, 0.717) is 35.1 Å². The number of benzene rings is 1. The topological polar surface area (TPSA) is 98.5 Å². The summed E-state index contributed by atoms with van der Waals surface area (Å²) in [5.74, 6) is 2.36. The predicted octanol–water partition coefficient (Wildman–Crippen LogP) is 2.67. The number of fused-ring (bicyclic) bond motifs is 1. The van der Waals surface area contributed by atoms with E-state index in [1.165, 1.54) is 0 Å². The van der Waals surface area contributed by atoms with Crippen molar-refractivity contribution in [1.82, 2.24) is 10.3 Å². The highest BCUT2D eigenvalue weighted by Gasteiger charge is 2.35. The number of rotatable bonds is 3. The first kappa shape index (κ1) is 15.5. The number of ether oxygens (including phenoxy) is 2. The third kappa shape index (κ3) is 2.59. The molecule has 8 heteroatoms. The van der Waals surface area contributed by atoms with Crippen molar-refractivity contribution in [1.29, 1.82) is 0 Å². The van der Waals surface area contributed by atoms with Crippen LogP contribution in [-0.2, 0) is 4.79 Å². The molecule has 25 heavy (non-hydrogen) atoms. The molecule has 8 nitrogen and oxygen atoms in total. The summed E-state index contributed by atoms with van der Waals surface area (Å²) in [5.41, 5.74) is 2.36. The average molecular weight is 342 g/mol. The van der Waals surface area contributed by atoms with E-state index in [1.54, 1.807) is 20.3 Å². The molecule has 4 rings (SSSR count). The molecule has 0 saturated carbocycles. The maximum absolute atomic E-state index is 12.7. The van der Waals surface area contributed by atoms with Crippen molar-refractivity contribution in [3.63, 3.8) is 0 Å². The Morgan fingerprint density at radius 2 is 2.00 bits per heavy atom. The molecule has 2 aliphatic rings. The first-order valence-electron chi connectivity index (χ1n) is 8.05. The lowest BCUT2D eigenvalue weighted by molar-refractivity contribution is -0.116. The van der Waals surface area contributed by atoms with Crippen LogP contribution in [0.2, 0.25) is 0 Å². The van der Waals surface area contributed by atoms with Gasteiger partial charge in [0.25, 0.3) is 0 Å². The minimum absolute atomic E-state index is 0.103. The van der Waals surface area contributed by atoms with Gasteiger partial charge in [0, 0.05) is 29.3 Å².